The smallest absolute Gasteiger partial charge is 0.409 e. The normalized spacial score (nSPS) is 10.3. The highest BCUT2D eigenvalue weighted by molar-refractivity contribution is 9.10. The summed E-state index contributed by atoms with van der Waals surface area (Å²) in [5.74, 6) is 0.768. The Balaban J connectivity index is 1.94. The van der Waals surface area contributed by atoms with Gasteiger partial charge in [0, 0.05) is 25.1 Å². The highest BCUT2D eigenvalue weighted by Gasteiger charge is 2.23. The van der Waals surface area contributed by atoms with Crippen molar-refractivity contribution in [3.05, 3.63) is 45.8 Å². The number of benzene rings is 1. The van der Waals surface area contributed by atoms with E-state index >= 15 is 0 Å². The molecule has 8 nitrogen and oxygen atoms in total. The van der Waals surface area contributed by atoms with Gasteiger partial charge in [-0.15, -0.1) is 0 Å². The molecule has 0 saturated carbocycles. The van der Waals surface area contributed by atoms with E-state index in [1.807, 2.05) is 12.1 Å². The molecule has 152 valence electrons. The number of carbonyl (C=O) groups excluding carboxylic acids is 2. The SMILES string of the molecule is COC(=O)c1occ(Br)c1CN(C)C(=O)OCCc1ccc(OC)cc1OC. The monoisotopic (exact) mass is 455 g/mol. The van der Waals surface area contributed by atoms with Gasteiger partial charge in [-0.2, -0.15) is 0 Å². The van der Waals surface area contributed by atoms with Crippen LogP contribution in [0.1, 0.15) is 21.7 Å². The van der Waals surface area contributed by atoms with E-state index < -0.39 is 12.1 Å². The van der Waals surface area contributed by atoms with Crippen molar-refractivity contribution in [2.24, 2.45) is 0 Å². The fourth-order valence-corrected chi connectivity index (χ4v) is 2.89. The molecule has 0 aliphatic heterocycles. The average molecular weight is 456 g/mol. The maximum Gasteiger partial charge on any atom is 0.409 e. The summed E-state index contributed by atoms with van der Waals surface area (Å²) in [5.41, 5.74) is 1.40. The van der Waals surface area contributed by atoms with Crippen LogP contribution >= 0.6 is 15.9 Å². The zero-order valence-corrected chi connectivity index (χ0v) is 17.7. The molecule has 0 unspecified atom stereocenters. The number of nitrogens with zero attached hydrogens (tertiary/aromatic N) is 1. The number of amides is 1. The average Bonchev–Trinajstić information content (AvgIpc) is 3.07. The minimum absolute atomic E-state index is 0.0389. The largest absolute Gasteiger partial charge is 0.497 e. The van der Waals surface area contributed by atoms with Gasteiger partial charge in [0.2, 0.25) is 5.76 Å². The van der Waals surface area contributed by atoms with Gasteiger partial charge < -0.3 is 28.3 Å². The molecule has 0 N–H and O–H groups in total. The van der Waals surface area contributed by atoms with Gasteiger partial charge in [0.25, 0.3) is 0 Å². The van der Waals surface area contributed by atoms with Gasteiger partial charge >= 0.3 is 12.1 Å². The molecular weight excluding hydrogens is 434 g/mol. The molecule has 2 rings (SSSR count). The minimum Gasteiger partial charge on any atom is -0.497 e. The molecule has 1 aromatic carbocycles. The number of ether oxygens (including phenoxy) is 4. The molecule has 0 radical (unpaired) electrons. The molecule has 0 atom stereocenters. The number of furan rings is 1. The van der Waals surface area contributed by atoms with E-state index in [9.17, 15) is 9.59 Å². The number of hydrogen-bond donors (Lipinski definition) is 0. The predicted octanol–water partition coefficient (Wildman–Crippen LogP) is 3.66. The van der Waals surface area contributed by atoms with Gasteiger partial charge in [-0.25, -0.2) is 9.59 Å². The van der Waals surface area contributed by atoms with Crippen molar-refractivity contribution in [1.29, 1.82) is 0 Å². The standard InChI is InChI=1S/C19H22BrNO7/c1-21(10-14-15(20)11-28-17(14)18(22)26-4)19(23)27-8-7-12-5-6-13(24-2)9-16(12)25-3/h5-6,9,11H,7-8,10H2,1-4H3. The number of hydrogen-bond acceptors (Lipinski definition) is 7. The highest BCUT2D eigenvalue weighted by Crippen LogP contribution is 2.26. The summed E-state index contributed by atoms with van der Waals surface area (Å²) < 4.78 is 26.2. The molecule has 0 aliphatic rings. The Hall–Kier alpha value is -2.68. The molecule has 28 heavy (non-hydrogen) atoms. The van der Waals surface area contributed by atoms with Gasteiger partial charge in [0.15, 0.2) is 0 Å². The zero-order valence-electron chi connectivity index (χ0n) is 16.1. The van der Waals surface area contributed by atoms with Crippen molar-refractivity contribution in [2.75, 3.05) is 35.0 Å². The highest BCUT2D eigenvalue weighted by atomic mass is 79.9. The molecule has 1 aromatic heterocycles. The van der Waals surface area contributed by atoms with Crippen LogP contribution in [0, 0.1) is 0 Å². The minimum atomic E-state index is -0.617. The lowest BCUT2D eigenvalue weighted by Gasteiger charge is -2.17. The van der Waals surface area contributed by atoms with E-state index in [0.29, 0.717) is 28.0 Å². The number of carbonyl (C=O) groups is 2. The summed E-state index contributed by atoms with van der Waals surface area (Å²) in [4.78, 5) is 25.3. The van der Waals surface area contributed by atoms with E-state index in [0.717, 1.165) is 5.56 Å². The van der Waals surface area contributed by atoms with Gasteiger partial charge in [-0.05, 0) is 27.6 Å². The number of rotatable bonds is 8. The first-order valence-electron chi connectivity index (χ1n) is 8.34. The van der Waals surface area contributed by atoms with Crippen molar-refractivity contribution >= 4 is 28.0 Å². The summed E-state index contributed by atoms with van der Waals surface area (Å²) in [7, 11) is 5.97. The lowest BCUT2D eigenvalue weighted by atomic mass is 10.1. The second-order valence-corrected chi connectivity index (χ2v) is 6.64. The van der Waals surface area contributed by atoms with Crippen LogP contribution in [0.25, 0.3) is 0 Å². The molecule has 1 amide bonds. The van der Waals surface area contributed by atoms with Gasteiger partial charge in [-0.1, -0.05) is 6.07 Å². The van der Waals surface area contributed by atoms with E-state index in [2.05, 4.69) is 20.7 Å². The summed E-state index contributed by atoms with van der Waals surface area (Å²) in [5, 5.41) is 0. The third kappa shape index (κ3) is 5.19. The fraction of sp³-hybridized carbons (Fsp3) is 0.368. The van der Waals surface area contributed by atoms with Gasteiger partial charge in [0.05, 0.1) is 39.0 Å². The zero-order chi connectivity index (χ0) is 20.7. The van der Waals surface area contributed by atoms with E-state index in [4.69, 9.17) is 18.6 Å². The Morgan fingerprint density at radius 3 is 2.57 bits per heavy atom. The van der Waals surface area contributed by atoms with E-state index in [-0.39, 0.29) is 18.9 Å². The maximum atomic E-state index is 12.3. The fourth-order valence-electron chi connectivity index (χ4n) is 2.49. The molecule has 2 aromatic rings. The molecule has 0 saturated heterocycles. The molecule has 0 fully saturated rings. The third-order valence-corrected chi connectivity index (χ3v) is 4.68. The third-order valence-electron chi connectivity index (χ3n) is 4.01. The van der Waals surface area contributed by atoms with E-state index in [1.54, 1.807) is 27.3 Å². The van der Waals surface area contributed by atoms with Crippen molar-refractivity contribution < 1.29 is 33.0 Å². The first-order valence-corrected chi connectivity index (χ1v) is 9.13. The molecule has 9 heteroatoms. The molecular formula is C19H22BrNO7. The Morgan fingerprint density at radius 2 is 1.93 bits per heavy atom. The lowest BCUT2D eigenvalue weighted by molar-refractivity contribution is 0.0560. The number of esters is 1. The van der Waals surface area contributed by atoms with E-state index in [1.165, 1.54) is 18.3 Å². The van der Waals surface area contributed by atoms with Crippen LogP contribution in [0.3, 0.4) is 0 Å². The summed E-state index contributed by atoms with van der Waals surface area (Å²) in [6.07, 6.45) is 1.32. The quantitative estimate of drug-likeness (QED) is 0.561. The van der Waals surface area contributed by atoms with Crippen LogP contribution in [0.15, 0.2) is 33.4 Å². The van der Waals surface area contributed by atoms with Crippen LogP contribution in [-0.2, 0) is 22.4 Å². The molecule has 0 spiro atoms. The maximum absolute atomic E-state index is 12.3. The number of halogens is 1. The van der Waals surface area contributed by atoms with Crippen LogP contribution in [-0.4, -0.2) is 51.9 Å². The first kappa shape index (κ1) is 21.6. The second kappa shape index (κ2) is 10.0. The van der Waals surface area contributed by atoms with Crippen LogP contribution in [0.5, 0.6) is 11.5 Å². The Kier molecular flexibility index (Phi) is 7.74. The Bertz CT molecular complexity index is 834. The van der Waals surface area contributed by atoms with Crippen LogP contribution < -0.4 is 9.47 Å². The van der Waals surface area contributed by atoms with Crippen molar-refractivity contribution in [2.45, 2.75) is 13.0 Å². The Labute approximate surface area is 171 Å². The topological polar surface area (TPSA) is 87.4 Å². The second-order valence-electron chi connectivity index (χ2n) is 5.78. The number of methoxy groups -OCH3 is 3. The Morgan fingerprint density at radius 1 is 1.18 bits per heavy atom. The summed E-state index contributed by atoms with van der Waals surface area (Å²) in [6.45, 7) is 0.286. The van der Waals surface area contributed by atoms with Crippen LogP contribution in [0.4, 0.5) is 4.79 Å². The molecule has 0 aliphatic carbocycles. The molecule has 0 bridgehead atoms. The van der Waals surface area contributed by atoms with Crippen molar-refractivity contribution in [3.8, 4) is 11.5 Å². The van der Waals surface area contributed by atoms with Crippen LogP contribution in [0.2, 0.25) is 0 Å². The first-order chi connectivity index (χ1) is 13.4. The predicted molar refractivity (Wildman–Crippen MR) is 104 cm³/mol. The summed E-state index contributed by atoms with van der Waals surface area (Å²) in [6, 6.07) is 5.45. The summed E-state index contributed by atoms with van der Waals surface area (Å²) >= 11 is 3.30. The van der Waals surface area contributed by atoms with Crippen molar-refractivity contribution in [1.82, 2.24) is 4.90 Å². The lowest BCUT2D eigenvalue weighted by Crippen LogP contribution is -2.28. The van der Waals surface area contributed by atoms with Gasteiger partial charge in [-0.3, -0.25) is 0 Å². The van der Waals surface area contributed by atoms with Crippen molar-refractivity contribution in [3.63, 3.8) is 0 Å². The molecule has 1 heterocycles. The van der Waals surface area contributed by atoms with Gasteiger partial charge in [0.1, 0.15) is 17.8 Å².